The molecule has 0 aromatic heterocycles. The molecule has 1 N–H and O–H groups in total. The number of benzene rings is 1. The Morgan fingerprint density at radius 1 is 1.10 bits per heavy atom. The van der Waals surface area contributed by atoms with Crippen LogP contribution in [0.5, 0.6) is 0 Å². The summed E-state index contributed by atoms with van der Waals surface area (Å²) in [5, 5.41) is 9.65. The molecule has 6 heteroatoms. The highest BCUT2D eigenvalue weighted by atomic mass is 16.5. The minimum absolute atomic E-state index is 0.0668. The summed E-state index contributed by atoms with van der Waals surface area (Å²) in [6.07, 6.45) is 7.03. The molecule has 0 saturated carbocycles. The number of ether oxygens (including phenoxy) is 1. The molecule has 2 fully saturated rings. The van der Waals surface area contributed by atoms with Gasteiger partial charge >= 0.3 is 5.97 Å². The zero-order chi connectivity index (χ0) is 20.7. The van der Waals surface area contributed by atoms with Crippen molar-refractivity contribution < 1.29 is 19.4 Å². The Hall–Kier alpha value is -1.92. The zero-order valence-electron chi connectivity index (χ0n) is 17.5. The van der Waals surface area contributed by atoms with Gasteiger partial charge in [-0.3, -0.25) is 14.6 Å². The number of aliphatic carboxylic acids is 1. The molecule has 160 valence electrons. The van der Waals surface area contributed by atoms with Gasteiger partial charge in [-0.05, 0) is 12.0 Å². The summed E-state index contributed by atoms with van der Waals surface area (Å²) in [6, 6.07) is 9.47. The number of unbranched alkanes of at least 4 members (excludes halogenated alkanes) is 4. The van der Waals surface area contributed by atoms with Crippen molar-refractivity contribution in [1.82, 2.24) is 9.80 Å². The van der Waals surface area contributed by atoms with Gasteiger partial charge in [-0.15, -0.1) is 0 Å². The second kappa shape index (κ2) is 10.2. The highest BCUT2D eigenvalue weighted by Gasteiger charge is 2.53. The van der Waals surface area contributed by atoms with E-state index in [4.69, 9.17) is 4.74 Å². The van der Waals surface area contributed by atoms with Crippen LogP contribution in [0, 0.1) is 0 Å². The number of carboxylic acid groups (broad SMARTS) is 1. The van der Waals surface area contributed by atoms with Crippen LogP contribution in [-0.4, -0.2) is 58.2 Å². The Morgan fingerprint density at radius 3 is 2.45 bits per heavy atom. The molecule has 0 unspecified atom stereocenters. The van der Waals surface area contributed by atoms with Crippen molar-refractivity contribution in [3.63, 3.8) is 0 Å². The second-order valence-electron chi connectivity index (χ2n) is 8.30. The Bertz CT molecular complexity index is 671. The first-order valence-corrected chi connectivity index (χ1v) is 11.0. The van der Waals surface area contributed by atoms with Crippen LogP contribution < -0.4 is 0 Å². The maximum atomic E-state index is 13.0. The van der Waals surface area contributed by atoms with Gasteiger partial charge in [-0.1, -0.05) is 62.9 Å². The molecule has 1 atom stereocenters. The number of hydrogen-bond donors (Lipinski definition) is 1. The fraction of sp³-hybridized carbons (Fsp3) is 0.652. The van der Waals surface area contributed by atoms with Crippen LogP contribution >= 0.6 is 0 Å². The van der Waals surface area contributed by atoms with Crippen LogP contribution in [-0.2, 0) is 20.9 Å². The third-order valence-electron chi connectivity index (χ3n) is 6.19. The third kappa shape index (κ3) is 5.37. The monoisotopic (exact) mass is 402 g/mol. The van der Waals surface area contributed by atoms with Crippen molar-refractivity contribution >= 4 is 11.9 Å². The molecular formula is C23H34N2O4. The van der Waals surface area contributed by atoms with Gasteiger partial charge in [0.15, 0.2) is 6.04 Å². The number of carbonyl (C=O) groups excluding carboxylic acids is 1. The lowest BCUT2D eigenvalue weighted by Gasteiger charge is -2.44. The van der Waals surface area contributed by atoms with Gasteiger partial charge in [-0.25, -0.2) is 4.79 Å². The van der Waals surface area contributed by atoms with Crippen LogP contribution in [0.3, 0.4) is 0 Å². The molecule has 1 spiro atoms. The lowest BCUT2D eigenvalue weighted by Crippen LogP contribution is -2.58. The van der Waals surface area contributed by atoms with Crippen molar-refractivity contribution in [2.75, 3.05) is 19.7 Å². The molecule has 6 nitrogen and oxygen atoms in total. The molecule has 0 aliphatic carbocycles. The van der Waals surface area contributed by atoms with Gasteiger partial charge in [0.25, 0.3) is 0 Å². The minimum Gasteiger partial charge on any atom is -0.480 e. The van der Waals surface area contributed by atoms with Gasteiger partial charge in [-0.2, -0.15) is 0 Å². The summed E-state index contributed by atoms with van der Waals surface area (Å²) in [7, 11) is 0. The van der Waals surface area contributed by atoms with Crippen LogP contribution in [0.25, 0.3) is 0 Å². The van der Waals surface area contributed by atoms with Gasteiger partial charge < -0.3 is 9.84 Å². The first-order chi connectivity index (χ1) is 14.1. The Morgan fingerprint density at radius 2 is 1.79 bits per heavy atom. The molecule has 2 saturated heterocycles. The van der Waals surface area contributed by atoms with E-state index in [-0.39, 0.29) is 12.5 Å². The van der Waals surface area contributed by atoms with Crippen LogP contribution in [0.2, 0.25) is 0 Å². The molecule has 0 bridgehead atoms. The lowest BCUT2D eigenvalue weighted by atomic mass is 9.96. The molecule has 1 amide bonds. The normalized spacial score (nSPS) is 21.6. The highest BCUT2D eigenvalue weighted by Crippen LogP contribution is 2.38. The molecule has 3 rings (SSSR count). The van der Waals surface area contributed by atoms with Crippen molar-refractivity contribution in [2.45, 2.75) is 76.6 Å². The summed E-state index contributed by atoms with van der Waals surface area (Å²) in [4.78, 5) is 28.7. The van der Waals surface area contributed by atoms with Crippen LogP contribution in [0.15, 0.2) is 30.3 Å². The molecule has 29 heavy (non-hydrogen) atoms. The SMILES string of the molecule is CCCCCCCC(=O)N1[C@H](C(=O)O)COC12CCN(Cc1ccccc1)CC2. The second-order valence-corrected chi connectivity index (χ2v) is 8.30. The average Bonchev–Trinajstić information content (AvgIpc) is 3.09. The lowest BCUT2D eigenvalue weighted by molar-refractivity contribution is -0.166. The van der Waals surface area contributed by atoms with Gasteiger partial charge in [0.05, 0.1) is 6.61 Å². The number of carbonyl (C=O) groups is 2. The smallest absolute Gasteiger partial charge is 0.328 e. The van der Waals surface area contributed by atoms with E-state index in [0.717, 1.165) is 45.3 Å². The molecule has 0 radical (unpaired) electrons. The van der Waals surface area contributed by atoms with Gasteiger partial charge in [0, 0.05) is 38.9 Å². The van der Waals surface area contributed by atoms with E-state index >= 15 is 0 Å². The summed E-state index contributed by atoms with van der Waals surface area (Å²) >= 11 is 0. The Labute approximate surface area is 173 Å². The number of hydrogen-bond acceptors (Lipinski definition) is 4. The predicted molar refractivity (Wildman–Crippen MR) is 111 cm³/mol. The van der Waals surface area contributed by atoms with E-state index in [0.29, 0.717) is 19.3 Å². The first-order valence-electron chi connectivity index (χ1n) is 11.0. The van der Waals surface area contributed by atoms with E-state index in [9.17, 15) is 14.7 Å². The molecule has 2 aliphatic rings. The summed E-state index contributed by atoms with van der Waals surface area (Å²) < 4.78 is 6.03. The standard InChI is InChI=1S/C23H34N2O4/c1-2-3-4-5-9-12-21(26)25-20(22(27)28)18-29-23(25)13-15-24(16-14-23)17-19-10-7-6-8-11-19/h6-8,10-11,20H,2-5,9,12-18H2,1H3,(H,27,28)/t20-/m0/s1. The van der Waals surface area contributed by atoms with Crippen LogP contribution in [0.1, 0.15) is 63.9 Å². The molecule has 1 aromatic rings. The van der Waals surface area contributed by atoms with E-state index in [1.807, 2.05) is 18.2 Å². The zero-order valence-corrected chi connectivity index (χ0v) is 17.5. The van der Waals surface area contributed by atoms with E-state index in [1.54, 1.807) is 4.90 Å². The van der Waals surface area contributed by atoms with Gasteiger partial charge in [0.1, 0.15) is 5.72 Å². The fourth-order valence-electron chi connectivity index (χ4n) is 4.53. The number of carboxylic acids is 1. The number of piperidine rings is 1. The van der Waals surface area contributed by atoms with Crippen molar-refractivity contribution in [1.29, 1.82) is 0 Å². The average molecular weight is 403 g/mol. The molecular weight excluding hydrogens is 368 g/mol. The fourth-order valence-corrected chi connectivity index (χ4v) is 4.53. The largest absolute Gasteiger partial charge is 0.480 e. The Kier molecular flexibility index (Phi) is 7.67. The number of amides is 1. The molecule has 1 aromatic carbocycles. The number of rotatable bonds is 9. The first kappa shape index (κ1) is 21.8. The van der Waals surface area contributed by atoms with E-state index < -0.39 is 17.7 Å². The van der Waals surface area contributed by atoms with Crippen molar-refractivity contribution in [3.05, 3.63) is 35.9 Å². The highest BCUT2D eigenvalue weighted by molar-refractivity contribution is 5.85. The van der Waals surface area contributed by atoms with Crippen molar-refractivity contribution in [3.8, 4) is 0 Å². The Balaban J connectivity index is 1.60. The summed E-state index contributed by atoms with van der Waals surface area (Å²) in [5.74, 6) is -1.03. The quantitative estimate of drug-likeness (QED) is 0.639. The topological polar surface area (TPSA) is 70.1 Å². The molecule has 2 aliphatic heterocycles. The predicted octanol–water partition coefficient (Wildman–Crippen LogP) is 3.65. The van der Waals surface area contributed by atoms with Gasteiger partial charge in [0.2, 0.25) is 5.91 Å². The van der Waals surface area contributed by atoms with E-state index in [2.05, 4.69) is 24.0 Å². The number of likely N-dealkylation sites (tertiary alicyclic amines) is 1. The maximum absolute atomic E-state index is 13.0. The molecule has 2 heterocycles. The summed E-state index contributed by atoms with van der Waals surface area (Å²) in [6.45, 7) is 4.71. The van der Waals surface area contributed by atoms with E-state index in [1.165, 1.54) is 12.0 Å². The summed E-state index contributed by atoms with van der Waals surface area (Å²) in [5.41, 5.74) is 0.510. The number of nitrogens with zero attached hydrogens (tertiary/aromatic N) is 2. The van der Waals surface area contributed by atoms with Crippen molar-refractivity contribution in [2.24, 2.45) is 0 Å². The maximum Gasteiger partial charge on any atom is 0.328 e. The third-order valence-corrected chi connectivity index (χ3v) is 6.19. The van der Waals surface area contributed by atoms with Crippen LogP contribution in [0.4, 0.5) is 0 Å². The minimum atomic E-state index is -0.965.